The summed E-state index contributed by atoms with van der Waals surface area (Å²) < 4.78 is 11.8. The van der Waals surface area contributed by atoms with Gasteiger partial charge in [-0.25, -0.2) is 0 Å². The number of rotatable bonds is 8. The highest BCUT2D eigenvalue weighted by molar-refractivity contribution is 6.31. The zero-order chi connectivity index (χ0) is 26.4. The molecule has 0 atom stereocenters. The van der Waals surface area contributed by atoms with Crippen LogP contribution in [0.4, 0.5) is 0 Å². The summed E-state index contributed by atoms with van der Waals surface area (Å²) in [5.74, 6) is -0.0315. The molecule has 0 saturated carbocycles. The number of hydrogen-bond acceptors (Lipinski definition) is 5. The van der Waals surface area contributed by atoms with Crippen LogP contribution in [0.25, 0.3) is 6.08 Å². The van der Waals surface area contributed by atoms with Gasteiger partial charge in [-0.1, -0.05) is 66.2 Å². The van der Waals surface area contributed by atoms with E-state index in [9.17, 15) is 14.9 Å². The molecule has 1 aliphatic heterocycles. The highest BCUT2D eigenvalue weighted by Gasteiger charge is 2.35. The fourth-order valence-electron chi connectivity index (χ4n) is 3.97. The second-order valence-electron chi connectivity index (χ2n) is 8.37. The Morgan fingerprint density at radius 1 is 0.946 bits per heavy atom. The van der Waals surface area contributed by atoms with Crippen molar-refractivity contribution in [3.63, 3.8) is 0 Å². The van der Waals surface area contributed by atoms with Gasteiger partial charge in [0.25, 0.3) is 11.8 Å². The van der Waals surface area contributed by atoms with Crippen LogP contribution in [-0.2, 0) is 22.7 Å². The molecule has 0 aliphatic carbocycles. The number of halogens is 1. The zero-order valence-corrected chi connectivity index (χ0v) is 21.3. The van der Waals surface area contributed by atoms with Crippen LogP contribution < -0.4 is 9.47 Å². The standard InChI is InChI=1S/C30H25ClN2O4/c1-3-36-28-16-22(13-14-27(28)37-19-21-9-5-4-6-10-21)15-24-20(2)25(17-32)30(35)33(29(24)34)18-23-11-7-8-12-26(23)31/h4-16H,3,18-19H2,1-2H3/b24-15+. The summed E-state index contributed by atoms with van der Waals surface area (Å²) in [6, 6.07) is 24.1. The molecule has 0 N–H and O–H groups in total. The molecule has 1 aliphatic rings. The number of hydrogen-bond donors (Lipinski definition) is 0. The summed E-state index contributed by atoms with van der Waals surface area (Å²) in [7, 11) is 0. The van der Waals surface area contributed by atoms with Gasteiger partial charge in [-0.15, -0.1) is 0 Å². The molecular weight excluding hydrogens is 488 g/mol. The lowest BCUT2D eigenvalue weighted by Crippen LogP contribution is -2.42. The normalized spacial score (nSPS) is 14.6. The van der Waals surface area contributed by atoms with Gasteiger partial charge in [0.05, 0.1) is 13.2 Å². The van der Waals surface area contributed by atoms with Crippen molar-refractivity contribution in [3.8, 4) is 17.6 Å². The largest absolute Gasteiger partial charge is 0.490 e. The van der Waals surface area contributed by atoms with Gasteiger partial charge in [0, 0.05) is 10.6 Å². The van der Waals surface area contributed by atoms with E-state index >= 15 is 0 Å². The number of amides is 2. The van der Waals surface area contributed by atoms with E-state index in [2.05, 4.69) is 0 Å². The Hall–Kier alpha value is -4.34. The van der Waals surface area contributed by atoms with E-state index < -0.39 is 11.8 Å². The monoisotopic (exact) mass is 512 g/mol. The lowest BCUT2D eigenvalue weighted by Gasteiger charge is -2.27. The van der Waals surface area contributed by atoms with Crippen LogP contribution in [0.3, 0.4) is 0 Å². The number of carbonyl (C=O) groups is 2. The van der Waals surface area contributed by atoms with Crippen molar-refractivity contribution in [1.82, 2.24) is 4.90 Å². The summed E-state index contributed by atoms with van der Waals surface area (Å²) >= 11 is 6.26. The van der Waals surface area contributed by atoms with Crippen molar-refractivity contribution in [2.75, 3.05) is 6.61 Å². The molecule has 0 saturated heterocycles. The smallest absolute Gasteiger partial charge is 0.271 e. The Morgan fingerprint density at radius 2 is 1.68 bits per heavy atom. The Kier molecular flexibility index (Phi) is 8.07. The maximum Gasteiger partial charge on any atom is 0.271 e. The zero-order valence-electron chi connectivity index (χ0n) is 20.5. The van der Waals surface area contributed by atoms with Crippen LogP contribution >= 0.6 is 11.6 Å². The maximum atomic E-state index is 13.5. The molecule has 0 radical (unpaired) electrons. The number of benzene rings is 3. The molecule has 0 unspecified atom stereocenters. The first-order valence-corrected chi connectivity index (χ1v) is 12.2. The van der Waals surface area contributed by atoms with Crippen molar-refractivity contribution in [2.45, 2.75) is 27.0 Å². The van der Waals surface area contributed by atoms with E-state index in [-0.39, 0.29) is 17.7 Å². The average molecular weight is 513 g/mol. The van der Waals surface area contributed by atoms with E-state index in [1.807, 2.05) is 43.3 Å². The first-order valence-electron chi connectivity index (χ1n) is 11.8. The summed E-state index contributed by atoms with van der Waals surface area (Å²) in [6.45, 7) is 4.25. The molecule has 0 fully saturated rings. The summed E-state index contributed by atoms with van der Waals surface area (Å²) in [4.78, 5) is 27.5. The number of imide groups is 1. The van der Waals surface area contributed by atoms with E-state index in [1.165, 1.54) is 0 Å². The first kappa shape index (κ1) is 25.7. The molecular formula is C30H25ClN2O4. The minimum absolute atomic E-state index is 0.0381. The van der Waals surface area contributed by atoms with Crippen LogP contribution in [0, 0.1) is 11.3 Å². The predicted octanol–water partition coefficient (Wildman–Crippen LogP) is 6.11. The fourth-order valence-corrected chi connectivity index (χ4v) is 4.17. The quantitative estimate of drug-likeness (QED) is 0.269. The van der Waals surface area contributed by atoms with Gasteiger partial charge in [0.2, 0.25) is 0 Å². The van der Waals surface area contributed by atoms with Crippen molar-refractivity contribution in [3.05, 3.63) is 111 Å². The second kappa shape index (κ2) is 11.6. The molecule has 0 aromatic heterocycles. The van der Waals surface area contributed by atoms with E-state index in [1.54, 1.807) is 55.5 Å². The molecule has 0 bridgehead atoms. The van der Waals surface area contributed by atoms with Crippen LogP contribution in [0.1, 0.15) is 30.5 Å². The lowest BCUT2D eigenvalue weighted by molar-refractivity contribution is -0.141. The number of nitriles is 1. The van der Waals surface area contributed by atoms with Crippen molar-refractivity contribution in [1.29, 1.82) is 5.26 Å². The van der Waals surface area contributed by atoms with Gasteiger partial charge in [0.15, 0.2) is 11.5 Å². The second-order valence-corrected chi connectivity index (χ2v) is 8.78. The van der Waals surface area contributed by atoms with Crippen LogP contribution in [0.5, 0.6) is 11.5 Å². The summed E-state index contributed by atoms with van der Waals surface area (Å²) in [5.41, 5.74) is 2.81. The number of nitrogens with zero attached hydrogens (tertiary/aromatic N) is 2. The molecule has 7 heteroatoms. The van der Waals surface area contributed by atoms with Crippen LogP contribution in [0.15, 0.2) is 89.5 Å². The third kappa shape index (κ3) is 5.74. The van der Waals surface area contributed by atoms with Gasteiger partial charge < -0.3 is 9.47 Å². The average Bonchev–Trinajstić information content (AvgIpc) is 2.90. The number of carbonyl (C=O) groups excluding carboxylic acids is 2. The van der Waals surface area contributed by atoms with E-state index in [0.29, 0.717) is 46.4 Å². The highest BCUT2D eigenvalue weighted by Crippen LogP contribution is 2.33. The molecule has 2 amide bonds. The van der Waals surface area contributed by atoms with Crippen molar-refractivity contribution in [2.24, 2.45) is 0 Å². The number of ether oxygens (including phenoxy) is 2. The van der Waals surface area contributed by atoms with E-state index in [4.69, 9.17) is 21.1 Å². The summed E-state index contributed by atoms with van der Waals surface area (Å²) in [6.07, 6.45) is 1.66. The third-order valence-corrected chi connectivity index (χ3v) is 6.30. The molecule has 3 aromatic carbocycles. The Balaban J connectivity index is 1.67. The van der Waals surface area contributed by atoms with Crippen molar-refractivity contribution >= 4 is 29.5 Å². The van der Waals surface area contributed by atoms with Crippen LogP contribution in [-0.4, -0.2) is 23.3 Å². The minimum atomic E-state index is -0.637. The van der Waals surface area contributed by atoms with Crippen molar-refractivity contribution < 1.29 is 19.1 Å². The molecule has 0 spiro atoms. The first-order chi connectivity index (χ1) is 17.9. The molecule has 6 nitrogen and oxygen atoms in total. The highest BCUT2D eigenvalue weighted by atomic mass is 35.5. The maximum absolute atomic E-state index is 13.5. The Labute approximate surface area is 221 Å². The fraction of sp³-hybridized carbons (Fsp3) is 0.167. The van der Waals surface area contributed by atoms with Gasteiger partial charge in [-0.3, -0.25) is 14.5 Å². The van der Waals surface area contributed by atoms with E-state index in [0.717, 1.165) is 10.5 Å². The SMILES string of the molecule is CCOc1cc(/C=C2/C(=O)N(Cc3ccccc3Cl)C(=O)C(C#N)=C2C)ccc1OCc1ccccc1. The summed E-state index contributed by atoms with van der Waals surface area (Å²) in [5, 5.41) is 10.1. The minimum Gasteiger partial charge on any atom is -0.490 e. The lowest BCUT2D eigenvalue weighted by atomic mass is 9.93. The van der Waals surface area contributed by atoms with Gasteiger partial charge >= 0.3 is 0 Å². The molecule has 4 rings (SSSR count). The third-order valence-electron chi connectivity index (χ3n) is 5.93. The Bertz CT molecular complexity index is 1440. The molecule has 186 valence electrons. The van der Waals surface area contributed by atoms with Crippen LogP contribution in [0.2, 0.25) is 5.02 Å². The van der Waals surface area contributed by atoms with Gasteiger partial charge in [-0.05, 0) is 60.4 Å². The topological polar surface area (TPSA) is 79.6 Å². The molecule has 3 aromatic rings. The van der Waals surface area contributed by atoms with Gasteiger partial charge in [-0.2, -0.15) is 5.26 Å². The Morgan fingerprint density at radius 3 is 2.38 bits per heavy atom. The van der Waals surface area contributed by atoms with Gasteiger partial charge in [0.1, 0.15) is 18.2 Å². The predicted molar refractivity (Wildman–Crippen MR) is 142 cm³/mol. The molecule has 37 heavy (non-hydrogen) atoms. The molecule has 1 heterocycles.